The lowest BCUT2D eigenvalue weighted by Crippen LogP contribution is -2.36. The van der Waals surface area contributed by atoms with Gasteiger partial charge < -0.3 is 0 Å². The predicted octanol–water partition coefficient (Wildman–Crippen LogP) is 4.81. The van der Waals surface area contributed by atoms with Gasteiger partial charge >= 0.3 is 18.3 Å². The van der Waals surface area contributed by atoms with E-state index in [1.54, 1.807) is 0 Å². The van der Waals surface area contributed by atoms with Crippen LogP contribution >= 0.6 is 0 Å². The van der Waals surface area contributed by atoms with E-state index >= 15 is 0 Å². The van der Waals surface area contributed by atoms with Gasteiger partial charge in [-0.15, -0.1) is 10.2 Å². The van der Waals surface area contributed by atoms with Crippen molar-refractivity contribution in [2.45, 2.75) is 30.1 Å². The average molecular weight is 525 g/mol. The number of aromatic nitrogens is 5. The molecule has 0 fully saturated rings. The van der Waals surface area contributed by atoms with Crippen molar-refractivity contribution in [2.24, 2.45) is 0 Å². The van der Waals surface area contributed by atoms with Gasteiger partial charge in [-0.3, -0.25) is 4.40 Å². The van der Waals surface area contributed by atoms with E-state index in [-0.39, 0.29) is 11.7 Å². The Morgan fingerprint density at radius 2 is 1.66 bits per heavy atom. The zero-order valence-corrected chi connectivity index (χ0v) is 18.0. The van der Waals surface area contributed by atoms with Gasteiger partial charge in [0.05, 0.1) is 16.8 Å². The van der Waals surface area contributed by atoms with Gasteiger partial charge in [0.1, 0.15) is 16.9 Å². The molecule has 0 saturated heterocycles. The van der Waals surface area contributed by atoms with Crippen LogP contribution in [-0.4, -0.2) is 44.9 Å². The number of sulfone groups is 1. The number of benzene rings is 1. The summed E-state index contributed by atoms with van der Waals surface area (Å²) < 4.78 is 136. The lowest BCUT2D eigenvalue weighted by molar-refractivity contribution is -0.291. The molecule has 0 bridgehead atoms. The molecule has 4 aromatic rings. The molecule has 4 rings (SSSR count). The van der Waals surface area contributed by atoms with Gasteiger partial charge in [0.15, 0.2) is 21.3 Å². The molecule has 0 aliphatic rings. The zero-order chi connectivity index (χ0) is 26.0. The van der Waals surface area contributed by atoms with Crippen molar-refractivity contribution < 1.29 is 43.5 Å². The van der Waals surface area contributed by atoms with Crippen molar-refractivity contribution in [1.29, 1.82) is 0 Å². The Hall–Kier alpha value is -3.43. The van der Waals surface area contributed by atoms with Crippen LogP contribution in [-0.2, 0) is 21.9 Å². The summed E-state index contributed by atoms with van der Waals surface area (Å²) in [6.45, 7) is 0.995. The number of alkyl halides is 8. The third-order valence-corrected chi connectivity index (χ3v) is 6.83. The highest BCUT2D eigenvalue weighted by Gasteiger charge is 2.62. The lowest BCUT2D eigenvalue weighted by atomic mass is 10.0. The van der Waals surface area contributed by atoms with Gasteiger partial charge in [0.25, 0.3) is 0 Å². The van der Waals surface area contributed by atoms with E-state index in [4.69, 9.17) is 0 Å². The van der Waals surface area contributed by atoms with Gasteiger partial charge in [0, 0.05) is 23.2 Å². The largest absolute Gasteiger partial charge is 0.459 e. The molecule has 0 aliphatic carbocycles. The smallest absolute Gasteiger partial charge is 0.265 e. The summed E-state index contributed by atoms with van der Waals surface area (Å²) in [5.41, 5.74) is -5.43. The number of rotatable bonds is 4. The van der Waals surface area contributed by atoms with Crippen LogP contribution in [0.15, 0.2) is 41.7 Å². The first-order valence-electron chi connectivity index (χ1n) is 9.47. The van der Waals surface area contributed by atoms with Crippen LogP contribution in [0.25, 0.3) is 27.9 Å². The molecule has 0 unspecified atom stereocenters. The van der Waals surface area contributed by atoms with Gasteiger partial charge in [-0.25, -0.2) is 18.4 Å². The fourth-order valence-corrected chi connectivity index (χ4v) is 4.63. The van der Waals surface area contributed by atoms with E-state index in [1.165, 1.54) is 12.3 Å². The van der Waals surface area contributed by atoms with Crippen molar-refractivity contribution >= 4 is 26.4 Å². The van der Waals surface area contributed by atoms with E-state index in [1.807, 2.05) is 0 Å². The Morgan fingerprint density at radius 3 is 2.26 bits per heavy atom. The molecular weight excluding hydrogens is 514 g/mol. The molecular formula is C19H11F8N5O2S. The Kier molecular flexibility index (Phi) is 5.50. The summed E-state index contributed by atoms with van der Waals surface area (Å²) in [7, 11) is -4.89. The van der Waals surface area contributed by atoms with E-state index in [0.717, 1.165) is 23.7 Å². The quantitative estimate of drug-likeness (QED) is 0.356. The average Bonchev–Trinajstić information content (AvgIpc) is 3.19. The molecule has 0 atom stereocenters. The van der Waals surface area contributed by atoms with E-state index in [9.17, 15) is 43.5 Å². The molecule has 0 amide bonds. The molecule has 0 spiro atoms. The fourth-order valence-electron chi connectivity index (χ4n) is 3.36. The second-order valence-corrected chi connectivity index (χ2v) is 9.42. The highest BCUT2D eigenvalue weighted by atomic mass is 32.2. The zero-order valence-electron chi connectivity index (χ0n) is 17.2. The monoisotopic (exact) mass is 525 g/mol. The molecule has 16 heteroatoms. The summed E-state index contributed by atoms with van der Waals surface area (Å²) >= 11 is 0. The van der Waals surface area contributed by atoms with Gasteiger partial charge in [-0.1, -0.05) is 13.0 Å². The van der Waals surface area contributed by atoms with E-state index in [0.29, 0.717) is 6.07 Å². The molecule has 0 saturated carbocycles. The van der Waals surface area contributed by atoms with Crippen molar-refractivity contribution in [1.82, 2.24) is 24.6 Å². The summed E-state index contributed by atoms with van der Waals surface area (Å²) in [5, 5.41) is 6.96. The van der Waals surface area contributed by atoms with Crippen molar-refractivity contribution in [3.63, 3.8) is 0 Å². The maximum Gasteiger partial charge on any atom is 0.459 e. The second kappa shape index (κ2) is 7.79. The van der Waals surface area contributed by atoms with Crippen LogP contribution in [0.1, 0.15) is 18.2 Å². The number of hydrogen-bond donors (Lipinski definition) is 0. The molecule has 3 aromatic heterocycles. The number of hydrogen-bond acceptors (Lipinski definition) is 6. The van der Waals surface area contributed by atoms with Crippen LogP contribution in [0.4, 0.5) is 35.1 Å². The Bertz CT molecular complexity index is 1560. The van der Waals surface area contributed by atoms with Crippen LogP contribution < -0.4 is 0 Å². The standard InChI is InChI=1S/C19H11F8N5O2S/c1-2-35(33,34)14-13(16-31-30-12-5-6-28-8-32(12)16)10-4-3-9(18(22,23)24)7-11(10)29-15(14)17(20,21)19(25,26)27/h3-8H,2H2,1H3. The SMILES string of the molecule is CCS(=O)(=O)c1c(C(F)(F)C(F)(F)F)nc2cc(C(F)(F)F)ccc2c1-c1nnc2ccncn12. The maximum atomic E-state index is 14.7. The second-order valence-electron chi connectivity index (χ2n) is 7.20. The Labute approximate surface area is 190 Å². The van der Waals surface area contributed by atoms with E-state index in [2.05, 4.69) is 20.2 Å². The first kappa shape index (κ1) is 24.7. The maximum absolute atomic E-state index is 14.7. The van der Waals surface area contributed by atoms with Crippen LogP contribution in [0, 0.1) is 0 Å². The minimum Gasteiger partial charge on any atom is -0.265 e. The summed E-state index contributed by atoms with van der Waals surface area (Å²) in [4.78, 5) is 5.37. The Morgan fingerprint density at radius 1 is 0.971 bits per heavy atom. The Balaban J connectivity index is 2.29. The first-order valence-corrected chi connectivity index (χ1v) is 11.1. The molecule has 0 N–H and O–H groups in total. The first-order chi connectivity index (χ1) is 16.1. The predicted molar refractivity (Wildman–Crippen MR) is 104 cm³/mol. The van der Waals surface area contributed by atoms with Crippen LogP contribution in [0.5, 0.6) is 0 Å². The third-order valence-electron chi connectivity index (χ3n) is 5.05. The lowest BCUT2D eigenvalue weighted by Gasteiger charge is -2.24. The topological polar surface area (TPSA) is 90.1 Å². The van der Waals surface area contributed by atoms with Crippen LogP contribution in [0.3, 0.4) is 0 Å². The molecule has 35 heavy (non-hydrogen) atoms. The summed E-state index contributed by atoms with van der Waals surface area (Å²) in [6, 6.07) is 2.76. The normalized spacial score (nSPS) is 13.6. The highest BCUT2D eigenvalue weighted by molar-refractivity contribution is 7.91. The van der Waals surface area contributed by atoms with Gasteiger partial charge in [-0.05, 0) is 12.1 Å². The number of pyridine rings is 1. The summed E-state index contributed by atoms with van der Waals surface area (Å²) in [6.07, 6.45) is -9.03. The third kappa shape index (κ3) is 3.94. The highest BCUT2D eigenvalue weighted by Crippen LogP contribution is 2.49. The minimum absolute atomic E-state index is 0.0100. The summed E-state index contributed by atoms with van der Waals surface area (Å²) in [5.74, 6) is -7.31. The molecule has 186 valence electrons. The molecule has 0 aliphatic heterocycles. The van der Waals surface area contributed by atoms with Gasteiger partial charge in [-0.2, -0.15) is 35.1 Å². The van der Waals surface area contributed by atoms with E-state index < -0.39 is 72.3 Å². The minimum atomic E-state index is -6.32. The fraction of sp³-hybridized carbons (Fsp3) is 0.263. The van der Waals surface area contributed by atoms with Crippen molar-refractivity contribution in [2.75, 3.05) is 5.75 Å². The molecule has 1 aromatic carbocycles. The molecule has 0 radical (unpaired) electrons. The van der Waals surface area contributed by atoms with Crippen LogP contribution in [0.2, 0.25) is 0 Å². The number of nitrogens with zero attached hydrogens (tertiary/aromatic N) is 5. The van der Waals surface area contributed by atoms with Crippen molar-refractivity contribution in [3.8, 4) is 11.4 Å². The number of halogens is 8. The van der Waals surface area contributed by atoms with Gasteiger partial charge in [0.2, 0.25) is 0 Å². The molecule has 3 heterocycles. The number of fused-ring (bicyclic) bond motifs is 2. The van der Waals surface area contributed by atoms with Crippen molar-refractivity contribution in [3.05, 3.63) is 48.0 Å². The molecule has 7 nitrogen and oxygen atoms in total.